The van der Waals surface area contributed by atoms with Crippen LogP contribution in [0.2, 0.25) is 5.02 Å². The number of hydrogen-bond donors (Lipinski definition) is 0. The van der Waals surface area contributed by atoms with Gasteiger partial charge < -0.3 is 9.47 Å². The Morgan fingerprint density at radius 2 is 1.64 bits per heavy atom. The van der Waals surface area contributed by atoms with E-state index >= 15 is 0 Å². The smallest absolute Gasteiger partial charge is 0.450 e. The number of nitrogens with zero attached hydrogens (tertiary/aromatic N) is 1. The van der Waals surface area contributed by atoms with Gasteiger partial charge in [-0.25, -0.2) is 0 Å². The first-order valence-corrected chi connectivity index (χ1v) is 6.10. The van der Waals surface area contributed by atoms with Gasteiger partial charge >= 0.3 is 12.0 Å². The van der Waals surface area contributed by atoms with Crippen LogP contribution in [0.3, 0.4) is 0 Å². The highest BCUT2D eigenvalue weighted by Gasteiger charge is 2.31. The van der Waals surface area contributed by atoms with E-state index in [1.54, 1.807) is 0 Å². The highest BCUT2D eigenvalue weighted by molar-refractivity contribution is 6.30. The third-order valence-electron chi connectivity index (χ3n) is 2.40. The van der Waals surface area contributed by atoms with E-state index in [1.165, 1.54) is 30.3 Å². The molecular weight excluding hydrogens is 327 g/mol. The summed E-state index contributed by atoms with van der Waals surface area (Å²) in [5.74, 6) is -0.456. The lowest BCUT2D eigenvalue weighted by Crippen LogP contribution is -2.16. The van der Waals surface area contributed by atoms with E-state index in [4.69, 9.17) is 16.3 Å². The SMILES string of the molecule is O=[N+]([O-])c1ccc(Cl)cc1Oc1ccc(OC(F)(F)F)cc1. The van der Waals surface area contributed by atoms with E-state index in [9.17, 15) is 23.3 Å². The number of ether oxygens (including phenoxy) is 2. The van der Waals surface area contributed by atoms with Gasteiger partial charge in [0.1, 0.15) is 11.5 Å². The van der Waals surface area contributed by atoms with Crippen LogP contribution in [0.4, 0.5) is 18.9 Å². The predicted octanol–water partition coefficient (Wildman–Crippen LogP) is 4.94. The summed E-state index contributed by atoms with van der Waals surface area (Å²) >= 11 is 5.74. The molecule has 0 amide bonds. The van der Waals surface area contributed by atoms with Crippen molar-refractivity contribution in [3.05, 3.63) is 57.6 Å². The largest absolute Gasteiger partial charge is 0.573 e. The van der Waals surface area contributed by atoms with Gasteiger partial charge in [-0.15, -0.1) is 13.2 Å². The van der Waals surface area contributed by atoms with Gasteiger partial charge in [-0.05, 0) is 30.3 Å². The third-order valence-corrected chi connectivity index (χ3v) is 2.64. The molecule has 0 aromatic heterocycles. The van der Waals surface area contributed by atoms with E-state index < -0.39 is 17.0 Å². The van der Waals surface area contributed by atoms with Crippen molar-refractivity contribution in [1.82, 2.24) is 0 Å². The quantitative estimate of drug-likeness (QED) is 0.587. The maximum Gasteiger partial charge on any atom is 0.573 e. The maximum absolute atomic E-state index is 12.0. The van der Waals surface area contributed by atoms with Crippen LogP contribution in [0.15, 0.2) is 42.5 Å². The van der Waals surface area contributed by atoms with Crippen molar-refractivity contribution in [2.75, 3.05) is 0 Å². The molecule has 0 radical (unpaired) electrons. The fraction of sp³-hybridized carbons (Fsp3) is 0.0769. The summed E-state index contributed by atoms with van der Waals surface area (Å²) in [5.41, 5.74) is -0.319. The van der Waals surface area contributed by atoms with Crippen molar-refractivity contribution in [2.24, 2.45) is 0 Å². The second-order valence-electron chi connectivity index (χ2n) is 3.99. The van der Waals surface area contributed by atoms with Crippen LogP contribution in [0.1, 0.15) is 0 Å². The molecule has 0 saturated heterocycles. The second kappa shape index (κ2) is 6.10. The normalized spacial score (nSPS) is 11.1. The number of hydrogen-bond acceptors (Lipinski definition) is 4. The number of nitro groups is 1. The lowest BCUT2D eigenvalue weighted by molar-refractivity contribution is -0.385. The minimum atomic E-state index is -4.80. The third kappa shape index (κ3) is 4.26. The number of alkyl halides is 3. The van der Waals surface area contributed by atoms with Crippen molar-refractivity contribution in [3.63, 3.8) is 0 Å². The van der Waals surface area contributed by atoms with Gasteiger partial charge in [-0.2, -0.15) is 0 Å². The fourth-order valence-electron chi connectivity index (χ4n) is 1.56. The molecule has 9 heteroatoms. The van der Waals surface area contributed by atoms with Crippen molar-refractivity contribution in [1.29, 1.82) is 0 Å². The van der Waals surface area contributed by atoms with Gasteiger partial charge in [0.2, 0.25) is 5.75 Å². The Bertz CT molecular complexity index is 689. The van der Waals surface area contributed by atoms with Crippen molar-refractivity contribution in [3.8, 4) is 17.2 Å². The molecular formula is C13H7ClF3NO4. The van der Waals surface area contributed by atoms with Crippen LogP contribution >= 0.6 is 11.6 Å². The predicted molar refractivity (Wildman–Crippen MR) is 71.3 cm³/mol. The van der Waals surface area contributed by atoms with Crippen LogP contribution < -0.4 is 9.47 Å². The van der Waals surface area contributed by atoms with Gasteiger partial charge in [0.05, 0.1) is 4.92 Å². The van der Waals surface area contributed by atoms with E-state index in [2.05, 4.69) is 4.74 Å². The van der Waals surface area contributed by atoms with E-state index in [1.807, 2.05) is 0 Å². The molecule has 0 spiro atoms. The first kappa shape index (κ1) is 15.9. The molecule has 0 bridgehead atoms. The average molecular weight is 334 g/mol. The first-order chi connectivity index (χ1) is 10.2. The molecule has 0 unspecified atom stereocenters. The number of halogens is 4. The topological polar surface area (TPSA) is 61.6 Å². The van der Waals surface area contributed by atoms with Crippen LogP contribution in [-0.4, -0.2) is 11.3 Å². The van der Waals surface area contributed by atoms with E-state index in [0.717, 1.165) is 12.1 Å². The van der Waals surface area contributed by atoms with Gasteiger partial charge in [-0.3, -0.25) is 10.1 Å². The molecule has 5 nitrogen and oxygen atoms in total. The Labute approximate surface area is 127 Å². The van der Waals surface area contributed by atoms with Crippen LogP contribution in [0.25, 0.3) is 0 Å². The molecule has 2 aromatic carbocycles. The molecule has 0 aliphatic rings. The molecule has 0 aliphatic carbocycles. The Balaban J connectivity index is 2.21. The highest BCUT2D eigenvalue weighted by atomic mass is 35.5. The summed E-state index contributed by atoms with van der Waals surface area (Å²) in [6, 6.07) is 8.15. The monoisotopic (exact) mass is 333 g/mol. The van der Waals surface area contributed by atoms with Crippen molar-refractivity contribution < 1.29 is 27.6 Å². The van der Waals surface area contributed by atoms with E-state index in [0.29, 0.717) is 0 Å². The molecule has 22 heavy (non-hydrogen) atoms. The zero-order chi connectivity index (χ0) is 16.3. The Morgan fingerprint density at radius 1 is 1.05 bits per heavy atom. The summed E-state index contributed by atoms with van der Waals surface area (Å²) in [7, 11) is 0. The molecule has 0 saturated carbocycles. The first-order valence-electron chi connectivity index (χ1n) is 5.72. The summed E-state index contributed by atoms with van der Waals surface area (Å²) < 4.78 is 45.1. The summed E-state index contributed by atoms with van der Waals surface area (Å²) in [5, 5.41) is 11.1. The molecule has 2 rings (SSSR count). The second-order valence-corrected chi connectivity index (χ2v) is 4.43. The zero-order valence-corrected chi connectivity index (χ0v) is 11.4. The minimum Gasteiger partial charge on any atom is -0.450 e. The summed E-state index contributed by atoms with van der Waals surface area (Å²) in [6.07, 6.45) is -4.80. The van der Waals surface area contributed by atoms with Crippen molar-refractivity contribution >= 4 is 17.3 Å². The molecule has 0 fully saturated rings. The van der Waals surface area contributed by atoms with Crippen LogP contribution in [0.5, 0.6) is 17.2 Å². The standard InChI is InChI=1S/C13H7ClF3NO4/c14-8-1-6-11(18(19)20)12(7-8)21-9-2-4-10(5-3-9)22-13(15,16)17/h1-7H. The molecule has 0 aliphatic heterocycles. The lowest BCUT2D eigenvalue weighted by atomic mass is 10.3. The highest BCUT2D eigenvalue weighted by Crippen LogP contribution is 2.34. The Morgan fingerprint density at radius 3 is 2.18 bits per heavy atom. The van der Waals surface area contributed by atoms with Crippen LogP contribution in [0, 0.1) is 10.1 Å². The average Bonchev–Trinajstić information content (AvgIpc) is 2.39. The lowest BCUT2D eigenvalue weighted by Gasteiger charge is -2.10. The molecule has 0 atom stereocenters. The Kier molecular flexibility index (Phi) is 4.41. The van der Waals surface area contributed by atoms with E-state index in [-0.39, 0.29) is 22.2 Å². The van der Waals surface area contributed by atoms with Crippen LogP contribution in [-0.2, 0) is 0 Å². The maximum atomic E-state index is 12.0. The van der Waals surface area contributed by atoms with Gasteiger partial charge in [-0.1, -0.05) is 11.6 Å². The molecule has 0 heterocycles. The fourth-order valence-corrected chi connectivity index (χ4v) is 1.72. The molecule has 2 aromatic rings. The van der Waals surface area contributed by atoms with Crippen molar-refractivity contribution in [2.45, 2.75) is 6.36 Å². The summed E-state index contributed by atoms with van der Waals surface area (Å²) in [4.78, 5) is 10.2. The number of rotatable bonds is 4. The van der Waals surface area contributed by atoms with Gasteiger partial charge in [0, 0.05) is 17.2 Å². The molecule has 0 N–H and O–H groups in total. The van der Waals surface area contributed by atoms with Gasteiger partial charge in [0.25, 0.3) is 0 Å². The zero-order valence-electron chi connectivity index (χ0n) is 10.6. The summed E-state index contributed by atoms with van der Waals surface area (Å²) in [6.45, 7) is 0. The number of nitro benzene ring substituents is 1. The molecule has 116 valence electrons. The minimum absolute atomic E-state index is 0.0971. The Hall–Kier alpha value is -2.48. The number of benzene rings is 2. The van der Waals surface area contributed by atoms with Gasteiger partial charge in [0.15, 0.2) is 0 Å².